The fourth-order valence-electron chi connectivity index (χ4n) is 3.32. The van der Waals surface area contributed by atoms with Gasteiger partial charge in [-0.1, -0.05) is 0 Å². The highest BCUT2D eigenvalue weighted by Crippen LogP contribution is 2.31. The van der Waals surface area contributed by atoms with Crippen LogP contribution in [0.2, 0.25) is 0 Å². The first-order valence-corrected chi connectivity index (χ1v) is 8.74. The Hall–Kier alpha value is -3.03. The highest BCUT2D eigenvalue weighted by Gasteiger charge is 2.30. The van der Waals surface area contributed by atoms with Crippen molar-refractivity contribution in [2.24, 2.45) is 0 Å². The summed E-state index contributed by atoms with van der Waals surface area (Å²) >= 11 is 0. The molecule has 134 valence electrons. The minimum Gasteiger partial charge on any atom is -0.347 e. The van der Waals surface area contributed by atoms with Crippen LogP contribution in [-0.4, -0.2) is 56.0 Å². The van der Waals surface area contributed by atoms with Gasteiger partial charge in [-0.25, -0.2) is 19.5 Å². The Bertz CT molecular complexity index is 919. The van der Waals surface area contributed by atoms with Crippen LogP contribution in [0.15, 0.2) is 36.9 Å². The molecular weight excluding hydrogens is 330 g/mol. The van der Waals surface area contributed by atoms with Crippen molar-refractivity contribution >= 4 is 17.5 Å². The molecular formula is C18H21N7O. The van der Waals surface area contributed by atoms with Crippen molar-refractivity contribution in [3.8, 4) is 0 Å². The van der Waals surface area contributed by atoms with Gasteiger partial charge in [0.05, 0.1) is 23.5 Å². The van der Waals surface area contributed by atoms with E-state index in [0.717, 1.165) is 30.6 Å². The zero-order chi connectivity index (χ0) is 18.1. The number of hydrogen-bond donors (Lipinski definition) is 0. The molecule has 1 atom stereocenters. The third kappa shape index (κ3) is 2.98. The van der Waals surface area contributed by atoms with Crippen molar-refractivity contribution < 1.29 is 4.79 Å². The molecule has 3 aromatic rings. The SMILES string of the molecule is CN(C)c1ncc(C(=O)N2CCCCC2c2ccn3nccc3n2)cn1. The van der Waals surface area contributed by atoms with Gasteiger partial charge in [0.25, 0.3) is 5.91 Å². The van der Waals surface area contributed by atoms with Crippen LogP contribution < -0.4 is 4.90 Å². The molecule has 26 heavy (non-hydrogen) atoms. The van der Waals surface area contributed by atoms with Crippen LogP contribution in [0.3, 0.4) is 0 Å². The van der Waals surface area contributed by atoms with E-state index in [4.69, 9.17) is 4.98 Å². The van der Waals surface area contributed by atoms with Crippen LogP contribution in [-0.2, 0) is 0 Å². The molecule has 0 saturated carbocycles. The number of piperidine rings is 1. The number of carbonyl (C=O) groups is 1. The van der Waals surface area contributed by atoms with E-state index in [-0.39, 0.29) is 11.9 Å². The normalized spacial score (nSPS) is 17.5. The maximum Gasteiger partial charge on any atom is 0.257 e. The maximum atomic E-state index is 13.1. The number of likely N-dealkylation sites (tertiary alicyclic amines) is 1. The topological polar surface area (TPSA) is 79.5 Å². The molecule has 0 spiro atoms. The van der Waals surface area contributed by atoms with E-state index in [2.05, 4.69) is 15.1 Å². The van der Waals surface area contributed by atoms with E-state index in [1.54, 1.807) is 23.1 Å². The molecule has 0 aromatic carbocycles. The molecule has 1 unspecified atom stereocenters. The average molecular weight is 351 g/mol. The summed E-state index contributed by atoms with van der Waals surface area (Å²) in [6.07, 6.45) is 9.79. The van der Waals surface area contributed by atoms with Crippen LogP contribution in [0, 0.1) is 0 Å². The first-order valence-electron chi connectivity index (χ1n) is 8.74. The fourth-order valence-corrected chi connectivity index (χ4v) is 3.32. The van der Waals surface area contributed by atoms with Gasteiger partial charge in [-0.15, -0.1) is 0 Å². The Morgan fingerprint density at radius 3 is 2.77 bits per heavy atom. The Kier molecular flexibility index (Phi) is 4.24. The lowest BCUT2D eigenvalue weighted by atomic mass is 9.98. The third-order valence-electron chi connectivity index (χ3n) is 4.67. The number of carbonyl (C=O) groups excluding carboxylic acids is 1. The van der Waals surface area contributed by atoms with Crippen molar-refractivity contribution in [2.45, 2.75) is 25.3 Å². The van der Waals surface area contributed by atoms with Crippen molar-refractivity contribution in [2.75, 3.05) is 25.5 Å². The molecule has 1 saturated heterocycles. The van der Waals surface area contributed by atoms with Gasteiger partial charge in [0.1, 0.15) is 0 Å². The number of amides is 1. The summed E-state index contributed by atoms with van der Waals surface area (Å²) in [6.45, 7) is 0.713. The fraction of sp³-hybridized carbons (Fsp3) is 0.389. The second-order valence-corrected chi connectivity index (χ2v) is 6.66. The standard InChI is InChI=1S/C18H21N7O/c1-23(2)18-19-11-13(12-20-18)17(26)24-9-4-3-5-15(24)14-7-10-25-16(22-14)6-8-21-25/h6-8,10-12,15H,3-5,9H2,1-2H3. The summed E-state index contributed by atoms with van der Waals surface area (Å²) in [4.78, 5) is 30.0. The number of aromatic nitrogens is 5. The average Bonchev–Trinajstić information content (AvgIpc) is 3.15. The highest BCUT2D eigenvalue weighted by atomic mass is 16.2. The quantitative estimate of drug-likeness (QED) is 0.718. The molecule has 0 N–H and O–H groups in total. The van der Waals surface area contributed by atoms with Gasteiger partial charge in [0.15, 0.2) is 5.65 Å². The van der Waals surface area contributed by atoms with Crippen LogP contribution in [0.4, 0.5) is 5.95 Å². The van der Waals surface area contributed by atoms with Crippen LogP contribution in [0.1, 0.15) is 41.4 Å². The predicted molar refractivity (Wildman–Crippen MR) is 97.0 cm³/mol. The number of rotatable bonds is 3. The van der Waals surface area contributed by atoms with E-state index < -0.39 is 0 Å². The summed E-state index contributed by atoms with van der Waals surface area (Å²) in [5.74, 6) is 0.541. The minimum atomic E-state index is -0.0461. The molecule has 1 aliphatic heterocycles. The molecule has 4 rings (SSSR count). The molecule has 0 bridgehead atoms. The van der Waals surface area contributed by atoms with Gasteiger partial charge in [0.2, 0.25) is 5.95 Å². The largest absolute Gasteiger partial charge is 0.347 e. The zero-order valence-electron chi connectivity index (χ0n) is 14.9. The lowest BCUT2D eigenvalue weighted by Crippen LogP contribution is -2.39. The molecule has 3 aromatic heterocycles. The second-order valence-electron chi connectivity index (χ2n) is 6.66. The first kappa shape index (κ1) is 16.4. The Morgan fingerprint density at radius 2 is 2.00 bits per heavy atom. The lowest BCUT2D eigenvalue weighted by molar-refractivity contribution is 0.0605. The van der Waals surface area contributed by atoms with Gasteiger partial charge in [0, 0.05) is 45.3 Å². The molecule has 8 nitrogen and oxygen atoms in total. The molecule has 1 fully saturated rings. The van der Waals surface area contributed by atoms with E-state index in [1.807, 2.05) is 42.2 Å². The molecule has 1 amide bonds. The number of nitrogens with zero attached hydrogens (tertiary/aromatic N) is 7. The van der Waals surface area contributed by atoms with Crippen molar-refractivity contribution in [1.82, 2.24) is 29.5 Å². The molecule has 0 aliphatic carbocycles. The van der Waals surface area contributed by atoms with E-state index >= 15 is 0 Å². The van der Waals surface area contributed by atoms with Crippen LogP contribution in [0.25, 0.3) is 5.65 Å². The highest BCUT2D eigenvalue weighted by molar-refractivity contribution is 5.94. The third-order valence-corrected chi connectivity index (χ3v) is 4.67. The number of fused-ring (bicyclic) bond motifs is 1. The predicted octanol–water partition coefficient (Wildman–Crippen LogP) is 1.95. The van der Waals surface area contributed by atoms with Gasteiger partial charge in [-0.2, -0.15) is 5.10 Å². The smallest absolute Gasteiger partial charge is 0.257 e. The first-order chi connectivity index (χ1) is 12.6. The Balaban J connectivity index is 1.63. The van der Waals surface area contributed by atoms with Crippen molar-refractivity contribution in [1.29, 1.82) is 0 Å². The maximum absolute atomic E-state index is 13.1. The minimum absolute atomic E-state index is 0.0373. The van der Waals surface area contributed by atoms with E-state index in [0.29, 0.717) is 18.1 Å². The second kappa shape index (κ2) is 6.70. The molecule has 1 aliphatic rings. The molecule has 8 heteroatoms. The van der Waals surface area contributed by atoms with Gasteiger partial charge >= 0.3 is 0 Å². The summed E-state index contributed by atoms with van der Waals surface area (Å²) in [7, 11) is 3.74. The Morgan fingerprint density at radius 1 is 1.19 bits per heavy atom. The van der Waals surface area contributed by atoms with Gasteiger partial charge < -0.3 is 9.80 Å². The summed E-state index contributed by atoms with van der Waals surface area (Å²) in [5, 5.41) is 4.18. The number of hydrogen-bond acceptors (Lipinski definition) is 6. The number of anilines is 1. The Labute approximate surface area is 151 Å². The summed E-state index contributed by atoms with van der Waals surface area (Å²) in [6, 6.07) is 3.78. The van der Waals surface area contributed by atoms with E-state index in [9.17, 15) is 4.79 Å². The zero-order valence-corrected chi connectivity index (χ0v) is 14.9. The van der Waals surface area contributed by atoms with E-state index in [1.165, 1.54) is 0 Å². The van der Waals surface area contributed by atoms with Crippen molar-refractivity contribution in [3.05, 3.63) is 48.2 Å². The van der Waals surface area contributed by atoms with Crippen LogP contribution >= 0.6 is 0 Å². The van der Waals surface area contributed by atoms with Gasteiger partial charge in [-0.3, -0.25) is 4.79 Å². The van der Waals surface area contributed by atoms with Gasteiger partial charge in [-0.05, 0) is 25.3 Å². The van der Waals surface area contributed by atoms with Crippen molar-refractivity contribution in [3.63, 3.8) is 0 Å². The molecule has 4 heterocycles. The summed E-state index contributed by atoms with van der Waals surface area (Å²) < 4.78 is 1.73. The molecule has 0 radical (unpaired) electrons. The lowest BCUT2D eigenvalue weighted by Gasteiger charge is -2.35. The summed E-state index contributed by atoms with van der Waals surface area (Å²) in [5.41, 5.74) is 2.20. The van der Waals surface area contributed by atoms with Crippen LogP contribution in [0.5, 0.6) is 0 Å². The monoisotopic (exact) mass is 351 g/mol.